The molecule has 0 unspecified atom stereocenters. The molecule has 0 saturated carbocycles. The molecule has 0 fully saturated rings. The molecule has 0 radical (unpaired) electrons. The molecule has 5 heteroatoms. The molecule has 0 aromatic heterocycles. The standard InChI is InChI=1S/C9H12BrNO2S/c1-2-14(12,13)11-7-8-4-3-5-9(10)6-8/h3-6,11H,2,7H2,1H3. The molecule has 0 amide bonds. The van der Waals surface area contributed by atoms with E-state index in [9.17, 15) is 8.42 Å². The van der Waals surface area contributed by atoms with Crippen LogP contribution in [0.25, 0.3) is 0 Å². The summed E-state index contributed by atoms with van der Waals surface area (Å²) in [7, 11) is -3.10. The minimum Gasteiger partial charge on any atom is -0.212 e. The fourth-order valence-electron chi connectivity index (χ4n) is 0.942. The highest BCUT2D eigenvalue weighted by molar-refractivity contribution is 9.10. The molecular formula is C9H12BrNO2S. The SMILES string of the molecule is CCS(=O)(=O)NCc1cccc(Br)c1. The van der Waals surface area contributed by atoms with Crippen LogP contribution < -0.4 is 4.72 Å². The zero-order valence-corrected chi connectivity index (χ0v) is 10.2. The van der Waals surface area contributed by atoms with Crippen LogP contribution in [0.1, 0.15) is 12.5 Å². The van der Waals surface area contributed by atoms with Gasteiger partial charge in [-0.3, -0.25) is 0 Å². The Bertz CT molecular complexity index is 403. The van der Waals surface area contributed by atoms with E-state index in [0.717, 1.165) is 10.0 Å². The van der Waals surface area contributed by atoms with Crippen molar-refractivity contribution in [3.05, 3.63) is 34.3 Å². The van der Waals surface area contributed by atoms with Crippen LogP contribution in [-0.2, 0) is 16.6 Å². The van der Waals surface area contributed by atoms with Gasteiger partial charge in [0.25, 0.3) is 0 Å². The monoisotopic (exact) mass is 277 g/mol. The van der Waals surface area contributed by atoms with E-state index in [2.05, 4.69) is 20.7 Å². The molecule has 14 heavy (non-hydrogen) atoms. The first-order valence-electron chi connectivity index (χ1n) is 4.25. The Morgan fingerprint density at radius 3 is 2.71 bits per heavy atom. The summed E-state index contributed by atoms with van der Waals surface area (Å²) in [5.41, 5.74) is 0.941. The molecule has 0 aliphatic rings. The van der Waals surface area contributed by atoms with Crippen molar-refractivity contribution in [2.75, 3.05) is 5.75 Å². The maximum absolute atomic E-state index is 11.1. The van der Waals surface area contributed by atoms with Gasteiger partial charge in [0.1, 0.15) is 0 Å². The van der Waals surface area contributed by atoms with E-state index in [1.54, 1.807) is 6.92 Å². The first-order chi connectivity index (χ1) is 6.53. The number of rotatable bonds is 4. The Kier molecular flexibility index (Phi) is 4.10. The Morgan fingerprint density at radius 1 is 1.43 bits per heavy atom. The van der Waals surface area contributed by atoms with Crippen LogP contribution in [0.2, 0.25) is 0 Å². The average Bonchev–Trinajstić information content (AvgIpc) is 2.15. The summed E-state index contributed by atoms with van der Waals surface area (Å²) in [5, 5.41) is 0. The number of halogens is 1. The van der Waals surface area contributed by atoms with Crippen LogP contribution in [0.3, 0.4) is 0 Å². The van der Waals surface area contributed by atoms with E-state index in [0.29, 0.717) is 6.54 Å². The maximum atomic E-state index is 11.1. The molecule has 0 atom stereocenters. The molecule has 0 saturated heterocycles. The van der Waals surface area contributed by atoms with E-state index < -0.39 is 10.0 Å². The summed E-state index contributed by atoms with van der Waals surface area (Å²) < 4.78 is 25.7. The van der Waals surface area contributed by atoms with Crippen molar-refractivity contribution in [3.8, 4) is 0 Å². The van der Waals surface area contributed by atoms with Crippen LogP contribution in [0.15, 0.2) is 28.7 Å². The van der Waals surface area contributed by atoms with Crippen molar-refractivity contribution in [2.45, 2.75) is 13.5 Å². The van der Waals surface area contributed by atoms with Crippen molar-refractivity contribution in [3.63, 3.8) is 0 Å². The highest BCUT2D eigenvalue weighted by Crippen LogP contribution is 2.11. The van der Waals surface area contributed by atoms with Crippen molar-refractivity contribution in [1.29, 1.82) is 0 Å². The lowest BCUT2D eigenvalue weighted by Gasteiger charge is -2.04. The zero-order valence-electron chi connectivity index (χ0n) is 7.83. The average molecular weight is 278 g/mol. The summed E-state index contributed by atoms with van der Waals surface area (Å²) in [4.78, 5) is 0. The third-order valence-corrected chi connectivity index (χ3v) is 3.60. The van der Waals surface area contributed by atoms with Gasteiger partial charge in [0.2, 0.25) is 10.0 Å². The van der Waals surface area contributed by atoms with Crippen molar-refractivity contribution in [2.24, 2.45) is 0 Å². The van der Waals surface area contributed by atoms with Gasteiger partial charge in [-0.25, -0.2) is 13.1 Å². The Labute approximate surface area is 92.7 Å². The first-order valence-corrected chi connectivity index (χ1v) is 6.70. The Balaban J connectivity index is 2.63. The van der Waals surface area contributed by atoms with E-state index in [4.69, 9.17) is 0 Å². The molecule has 0 heterocycles. The zero-order chi connectivity index (χ0) is 10.6. The van der Waals surface area contributed by atoms with Crippen LogP contribution in [0.4, 0.5) is 0 Å². The van der Waals surface area contributed by atoms with E-state index >= 15 is 0 Å². The van der Waals surface area contributed by atoms with Crippen LogP contribution in [0.5, 0.6) is 0 Å². The fourth-order valence-corrected chi connectivity index (χ4v) is 1.98. The van der Waals surface area contributed by atoms with Crippen LogP contribution in [0, 0.1) is 0 Å². The summed E-state index contributed by atoms with van der Waals surface area (Å²) in [6, 6.07) is 7.54. The third-order valence-electron chi connectivity index (χ3n) is 1.77. The van der Waals surface area contributed by atoms with E-state index in [-0.39, 0.29) is 5.75 Å². The van der Waals surface area contributed by atoms with Crippen molar-refractivity contribution < 1.29 is 8.42 Å². The van der Waals surface area contributed by atoms with Gasteiger partial charge in [0.05, 0.1) is 5.75 Å². The number of hydrogen-bond acceptors (Lipinski definition) is 2. The minimum absolute atomic E-state index is 0.112. The quantitative estimate of drug-likeness (QED) is 0.914. The molecule has 3 nitrogen and oxygen atoms in total. The summed E-state index contributed by atoms with van der Waals surface area (Å²) in [6.45, 7) is 1.96. The lowest BCUT2D eigenvalue weighted by Crippen LogP contribution is -2.24. The van der Waals surface area contributed by atoms with Crippen molar-refractivity contribution >= 4 is 26.0 Å². The fraction of sp³-hybridized carbons (Fsp3) is 0.333. The molecule has 0 aliphatic heterocycles. The molecule has 1 aromatic rings. The first kappa shape index (κ1) is 11.7. The smallest absolute Gasteiger partial charge is 0.211 e. The second-order valence-electron chi connectivity index (χ2n) is 2.85. The lowest BCUT2D eigenvalue weighted by molar-refractivity contribution is 0.582. The van der Waals surface area contributed by atoms with Gasteiger partial charge in [0.15, 0.2) is 0 Å². The van der Waals surface area contributed by atoms with Gasteiger partial charge < -0.3 is 0 Å². The highest BCUT2D eigenvalue weighted by Gasteiger charge is 2.05. The number of hydrogen-bond donors (Lipinski definition) is 1. The van der Waals surface area contributed by atoms with Gasteiger partial charge in [0, 0.05) is 11.0 Å². The normalized spacial score (nSPS) is 11.6. The number of benzene rings is 1. The second kappa shape index (κ2) is 4.91. The molecule has 1 N–H and O–H groups in total. The third kappa shape index (κ3) is 3.77. The van der Waals surface area contributed by atoms with Gasteiger partial charge in [-0.2, -0.15) is 0 Å². The lowest BCUT2D eigenvalue weighted by atomic mass is 10.2. The number of nitrogens with one attached hydrogen (secondary N) is 1. The van der Waals surface area contributed by atoms with Gasteiger partial charge in [-0.1, -0.05) is 28.1 Å². The van der Waals surface area contributed by atoms with Crippen LogP contribution >= 0.6 is 15.9 Å². The van der Waals surface area contributed by atoms with E-state index in [1.165, 1.54) is 0 Å². The van der Waals surface area contributed by atoms with Crippen LogP contribution in [-0.4, -0.2) is 14.2 Å². The topological polar surface area (TPSA) is 46.2 Å². The molecule has 0 bridgehead atoms. The summed E-state index contributed by atoms with van der Waals surface area (Å²) in [6.07, 6.45) is 0. The molecule has 1 aromatic carbocycles. The van der Waals surface area contributed by atoms with Crippen molar-refractivity contribution in [1.82, 2.24) is 4.72 Å². The molecular weight excluding hydrogens is 266 g/mol. The Hall–Kier alpha value is -0.390. The molecule has 78 valence electrons. The summed E-state index contributed by atoms with van der Waals surface area (Å²) in [5.74, 6) is 0.112. The largest absolute Gasteiger partial charge is 0.212 e. The second-order valence-corrected chi connectivity index (χ2v) is 5.87. The Morgan fingerprint density at radius 2 is 2.14 bits per heavy atom. The minimum atomic E-state index is -3.10. The predicted octanol–water partition coefficient (Wildman–Crippen LogP) is 1.89. The molecule has 0 spiro atoms. The van der Waals surface area contributed by atoms with Gasteiger partial charge in [-0.15, -0.1) is 0 Å². The van der Waals surface area contributed by atoms with Gasteiger partial charge in [-0.05, 0) is 24.6 Å². The van der Waals surface area contributed by atoms with E-state index in [1.807, 2.05) is 24.3 Å². The summed E-state index contributed by atoms with van der Waals surface area (Å²) >= 11 is 3.32. The highest BCUT2D eigenvalue weighted by atomic mass is 79.9. The molecule has 1 rings (SSSR count). The van der Waals surface area contributed by atoms with Gasteiger partial charge >= 0.3 is 0 Å². The predicted molar refractivity (Wildman–Crippen MR) is 60.4 cm³/mol. The molecule has 0 aliphatic carbocycles. The number of sulfonamides is 1. The maximum Gasteiger partial charge on any atom is 0.211 e.